The van der Waals surface area contributed by atoms with Gasteiger partial charge in [0, 0.05) is 27.3 Å². The summed E-state index contributed by atoms with van der Waals surface area (Å²) in [6.45, 7) is 6.84. The first-order chi connectivity index (χ1) is 6.58. The minimum absolute atomic E-state index is 0.568. The van der Waals surface area contributed by atoms with Gasteiger partial charge in [-0.2, -0.15) is 0 Å². The van der Waals surface area contributed by atoms with Crippen LogP contribution in [0.25, 0.3) is 0 Å². The normalized spacial score (nSPS) is 14.4. The Balaban J connectivity index is 3.73. The molecule has 5 heteroatoms. The molecule has 1 atom stereocenters. The minimum Gasteiger partial charge on any atom is -0.398 e. The second-order valence-corrected chi connectivity index (χ2v) is 7.34. The van der Waals surface area contributed by atoms with Gasteiger partial charge in [-0.1, -0.05) is 6.92 Å². The van der Waals surface area contributed by atoms with Gasteiger partial charge in [0.05, 0.1) is 0 Å². The van der Waals surface area contributed by atoms with Crippen LogP contribution in [-0.4, -0.2) is 42.4 Å². The molecule has 0 unspecified atom stereocenters. The Morgan fingerprint density at radius 2 is 1.93 bits per heavy atom. The fourth-order valence-electron chi connectivity index (χ4n) is 1.41. The molecular formula is C9H24N2O2Si. The highest BCUT2D eigenvalue weighted by Gasteiger charge is 2.30. The van der Waals surface area contributed by atoms with Crippen LogP contribution in [0.2, 0.25) is 12.6 Å². The van der Waals surface area contributed by atoms with Crippen LogP contribution < -0.4 is 11.1 Å². The molecule has 0 aliphatic carbocycles. The highest BCUT2D eigenvalue weighted by Crippen LogP contribution is 2.17. The number of hydrogen-bond donors (Lipinski definition) is 2. The molecule has 0 aromatic carbocycles. The van der Waals surface area contributed by atoms with E-state index in [1.807, 2.05) is 0 Å². The second-order valence-electron chi connectivity index (χ2n) is 3.84. The molecule has 0 aliphatic heterocycles. The SMILES string of the molecule is CO[Si](C)(C[C@@H](C)CNCCN)OC. The van der Waals surface area contributed by atoms with Gasteiger partial charge in [0.1, 0.15) is 0 Å². The van der Waals surface area contributed by atoms with Crippen molar-refractivity contribution < 1.29 is 8.85 Å². The van der Waals surface area contributed by atoms with Gasteiger partial charge in [-0.25, -0.2) is 0 Å². The van der Waals surface area contributed by atoms with E-state index in [4.69, 9.17) is 14.6 Å². The summed E-state index contributed by atoms with van der Waals surface area (Å²) in [6, 6.07) is 1.01. The van der Waals surface area contributed by atoms with E-state index in [0.717, 1.165) is 19.1 Å². The lowest BCUT2D eigenvalue weighted by Crippen LogP contribution is -2.40. The van der Waals surface area contributed by atoms with Gasteiger partial charge >= 0.3 is 8.56 Å². The molecular weight excluding hydrogens is 196 g/mol. The maximum atomic E-state index is 5.43. The number of rotatable bonds is 8. The quantitative estimate of drug-likeness (QED) is 0.463. The second kappa shape index (κ2) is 7.36. The molecule has 4 nitrogen and oxygen atoms in total. The zero-order valence-corrected chi connectivity index (χ0v) is 10.8. The molecule has 0 aliphatic rings. The van der Waals surface area contributed by atoms with E-state index in [0.29, 0.717) is 12.5 Å². The van der Waals surface area contributed by atoms with Gasteiger partial charge in [0.25, 0.3) is 0 Å². The standard InChI is InChI=1S/C9H24N2O2Si/c1-9(7-11-6-5-10)8-14(4,12-2)13-3/h9,11H,5-8,10H2,1-4H3/t9-/m0/s1. The van der Waals surface area contributed by atoms with Crippen molar-refractivity contribution in [2.24, 2.45) is 11.7 Å². The molecule has 0 saturated heterocycles. The molecule has 86 valence electrons. The Labute approximate surface area is 88.4 Å². The van der Waals surface area contributed by atoms with E-state index in [1.54, 1.807) is 14.2 Å². The van der Waals surface area contributed by atoms with Crippen LogP contribution in [0.15, 0.2) is 0 Å². The molecule has 0 spiro atoms. The summed E-state index contributed by atoms with van der Waals surface area (Å²) in [4.78, 5) is 0. The van der Waals surface area contributed by atoms with Crippen molar-refractivity contribution >= 4 is 8.56 Å². The fraction of sp³-hybridized carbons (Fsp3) is 1.00. The summed E-state index contributed by atoms with van der Waals surface area (Å²) in [7, 11) is 1.57. The van der Waals surface area contributed by atoms with E-state index in [1.165, 1.54) is 0 Å². The van der Waals surface area contributed by atoms with Crippen LogP contribution in [0.1, 0.15) is 6.92 Å². The lowest BCUT2D eigenvalue weighted by molar-refractivity contribution is 0.242. The Morgan fingerprint density at radius 3 is 2.36 bits per heavy atom. The molecule has 0 fully saturated rings. The Kier molecular flexibility index (Phi) is 7.39. The van der Waals surface area contributed by atoms with Gasteiger partial charge in [-0.3, -0.25) is 0 Å². The van der Waals surface area contributed by atoms with Crippen molar-refractivity contribution in [2.45, 2.75) is 19.5 Å². The first kappa shape index (κ1) is 14.1. The van der Waals surface area contributed by atoms with Crippen molar-refractivity contribution in [2.75, 3.05) is 33.9 Å². The predicted octanol–water partition coefficient (Wildman–Crippen LogP) is 0.536. The van der Waals surface area contributed by atoms with E-state index < -0.39 is 8.56 Å². The van der Waals surface area contributed by atoms with Crippen LogP contribution in [0.5, 0.6) is 0 Å². The summed E-state index contributed by atoms with van der Waals surface area (Å²) in [5.41, 5.74) is 5.39. The van der Waals surface area contributed by atoms with Crippen LogP contribution in [-0.2, 0) is 8.85 Å². The van der Waals surface area contributed by atoms with E-state index >= 15 is 0 Å². The van der Waals surface area contributed by atoms with Crippen molar-refractivity contribution in [3.05, 3.63) is 0 Å². The first-order valence-electron chi connectivity index (χ1n) is 5.09. The molecule has 3 N–H and O–H groups in total. The van der Waals surface area contributed by atoms with Crippen LogP contribution in [0, 0.1) is 5.92 Å². The average molecular weight is 220 g/mol. The van der Waals surface area contributed by atoms with E-state index in [2.05, 4.69) is 18.8 Å². The molecule has 14 heavy (non-hydrogen) atoms. The summed E-state index contributed by atoms with van der Waals surface area (Å²) >= 11 is 0. The third-order valence-corrected chi connectivity index (χ3v) is 5.56. The van der Waals surface area contributed by atoms with E-state index in [-0.39, 0.29) is 0 Å². The Morgan fingerprint density at radius 1 is 1.36 bits per heavy atom. The van der Waals surface area contributed by atoms with Crippen LogP contribution in [0.3, 0.4) is 0 Å². The predicted molar refractivity (Wildman–Crippen MR) is 61.5 cm³/mol. The highest BCUT2D eigenvalue weighted by atomic mass is 28.4. The molecule has 0 bridgehead atoms. The smallest absolute Gasteiger partial charge is 0.334 e. The highest BCUT2D eigenvalue weighted by molar-refractivity contribution is 6.65. The maximum absolute atomic E-state index is 5.43. The van der Waals surface area contributed by atoms with Gasteiger partial charge in [-0.15, -0.1) is 0 Å². The molecule has 0 radical (unpaired) electrons. The van der Waals surface area contributed by atoms with Gasteiger partial charge < -0.3 is 19.9 Å². The van der Waals surface area contributed by atoms with Crippen molar-refractivity contribution in [1.29, 1.82) is 0 Å². The summed E-state index contributed by atoms with van der Waals surface area (Å²) < 4.78 is 10.9. The molecule has 0 aromatic rings. The molecule has 0 aromatic heterocycles. The lowest BCUT2D eigenvalue weighted by Gasteiger charge is -2.26. The average Bonchev–Trinajstić information content (AvgIpc) is 2.18. The minimum atomic E-state index is -1.89. The van der Waals surface area contributed by atoms with Crippen molar-refractivity contribution in [1.82, 2.24) is 5.32 Å². The summed E-state index contributed by atoms with van der Waals surface area (Å²) in [5.74, 6) is 0.568. The zero-order valence-electron chi connectivity index (χ0n) is 9.80. The fourth-order valence-corrected chi connectivity index (χ4v) is 3.32. The number of nitrogens with two attached hydrogens (primary N) is 1. The Bertz CT molecular complexity index is 143. The molecule has 0 saturated carbocycles. The monoisotopic (exact) mass is 220 g/mol. The number of nitrogens with one attached hydrogen (secondary N) is 1. The van der Waals surface area contributed by atoms with Crippen molar-refractivity contribution in [3.63, 3.8) is 0 Å². The topological polar surface area (TPSA) is 56.5 Å². The van der Waals surface area contributed by atoms with Gasteiger partial charge in [0.2, 0.25) is 0 Å². The third kappa shape index (κ3) is 5.72. The summed E-state index contributed by atoms with van der Waals surface area (Å²) in [5, 5.41) is 3.29. The Hall–Kier alpha value is 0.0569. The van der Waals surface area contributed by atoms with Crippen LogP contribution >= 0.6 is 0 Å². The third-order valence-electron chi connectivity index (χ3n) is 2.40. The van der Waals surface area contributed by atoms with Crippen LogP contribution in [0.4, 0.5) is 0 Å². The number of hydrogen-bond acceptors (Lipinski definition) is 4. The van der Waals surface area contributed by atoms with Crippen molar-refractivity contribution in [3.8, 4) is 0 Å². The zero-order chi connectivity index (χ0) is 11.0. The maximum Gasteiger partial charge on any atom is 0.334 e. The van der Waals surface area contributed by atoms with Gasteiger partial charge in [0.15, 0.2) is 0 Å². The van der Waals surface area contributed by atoms with E-state index in [9.17, 15) is 0 Å². The van der Waals surface area contributed by atoms with Gasteiger partial charge in [-0.05, 0) is 25.1 Å². The summed E-state index contributed by atoms with van der Waals surface area (Å²) in [6.07, 6.45) is 0. The lowest BCUT2D eigenvalue weighted by atomic mass is 10.2. The molecule has 0 rings (SSSR count). The first-order valence-corrected chi connectivity index (χ1v) is 7.61. The molecule has 0 heterocycles. The molecule has 0 amide bonds. The largest absolute Gasteiger partial charge is 0.398 e.